The van der Waals surface area contributed by atoms with Crippen molar-refractivity contribution in [2.45, 2.75) is 13.5 Å². The third-order valence-electron chi connectivity index (χ3n) is 2.63. The van der Waals surface area contributed by atoms with Gasteiger partial charge in [-0.3, -0.25) is 0 Å². The van der Waals surface area contributed by atoms with Gasteiger partial charge in [0.15, 0.2) is 0 Å². The van der Waals surface area contributed by atoms with Crippen LogP contribution in [0.4, 0.5) is 14.5 Å². The van der Waals surface area contributed by atoms with E-state index in [9.17, 15) is 8.78 Å². The molecule has 0 amide bonds. The highest BCUT2D eigenvalue weighted by Crippen LogP contribution is 2.21. The van der Waals surface area contributed by atoms with Crippen molar-refractivity contribution in [1.82, 2.24) is 0 Å². The number of nitrogens with two attached hydrogens (primary N) is 1. The van der Waals surface area contributed by atoms with Gasteiger partial charge in [0.1, 0.15) is 24.0 Å². The molecule has 0 saturated carbocycles. The van der Waals surface area contributed by atoms with Crippen LogP contribution in [0.5, 0.6) is 5.75 Å². The Bertz CT molecular complexity index is 570. The van der Waals surface area contributed by atoms with Gasteiger partial charge in [-0.05, 0) is 48.9 Å². The molecule has 2 nitrogen and oxygen atoms in total. The lowest BCUT2D eigenvalue weighted by Gasteiger charge is -2.10. The van der Waals surface area contributed by atoms with Gasteiger partial charge in [-0.2, -0.15) is 0 Å². The maximum absolute atomic E-state index is 13.0. The molecular weight excluding hydrogens is 236 g/mol. The van der Waals surface area contributed by atoms with Gasteiger partial charge in [0.25, 0.3) is 0 Å². The summed E-state index contributed by atoms with van der Waals surface area (Å²) in [6.45, 7) is 1.89. The molecule has 2 aromatic rings. The maximum Gasteiger partial charge on any atom is 0.123 e. The summed E-state index contributed by atoms with van der Waals surface area (Å²) in [7, 11) is 0. The zero-order valence-corrected chi connectivity index (χ0v) is 9.91. The number of hydrogen-bond donors (Lipinski definition) is 1. The van der Waals surface area contributed by atoms with Gasteiger partial charge in [0.05, 0.1) is 0 Å². The van der Waals surface area contributed by atoms with Crippen molar-refractivity contribution in [2.24, 2.45) is 0 Å². The van der Waals surface area contributed by atoms with Crippen molar-refractivity contribution in [3.63, 3.8) is 0 Å². The molecule has 2 aromatic carbocycles. The molecule has 0 unspecified atom stereocenters. The fourth-order valence-corrected chi connectivity index (χ4v) is 1.63. The Morgan fingerprint density at radius 1 is 1.06 bits per heavy atom. The Balaban J connectivity index is 2.13. The quantitative estimate of drug-likeness (QED) is 0.846. The third-order valence-corrected chi connectivity index (χ3v) is 2.63. The number of benzene rings is 2. The third kappa shape index (κ3) is 2.77. The van der Waals surface area contributed by atoms with Gasteiger partial charge in [0.2, 0.25) is 0 Å². The summed E-state index contributed by atoms with van der Waals surface area (Å²) >= 11 is 0. The SMILES string of the molecule is Cc1cc(F)ccc1OCc1cc(F)ccc1N. The van der Waals surface area contributed by atoms with E-state index in [4.69, 9.17) is 10.5 Å². The summed E-state index contributed by atoms with van der Waals surface area (Å²) in [5, 5.41) is 0. The fraction of sp³-hybridized carbons (Fsp3) is 0.143. The first kappa shape index (κ1) is 12.4. The van der Waals surface area contributed by atoms with Crippen molar-refractivity contribution in [3.05, 3.63) is 59.2 Å². The number of anilines is 1. The molecule has 4 heteroatoms. The molecule has 2 N–H and O–H groups in total. The molecular formula is C14H13F2NO. The van der Waals surface area contributed by atoms with Gasteiger partial charge in [-0.15, -0.1) is 0 Å². The van der Waals surface area contributed by atoms with E-state index in [0.717, 1.165) is 0 Å². The molecule has 0 fully saturated rings. The van der Waals surface area contributed by atoms with E-state index in [-0.39, 0.29) is 18.2 Å². The van der Waals surface area contributed by atoms with Gasteiger partial charge < -0.3 is 10.5 Å². The predicted molar refractivity (Wildman–Crippen MR) is 66.3 cm³/mol. The Labute approximate surface area is 104 Å². The summed E-state index contributed by atoms with van der Waals surface area (Å²) in [4.78, 5) is 0. The topological polar surface area (TPSA) is 35.2 Å². The number of aryl methyl sites for hydroxylation is 1. The number of nitrogen functional groups attached to an aromatic ring is 1. The monoisotopic (exact) mass is 249 g/mol. The van der Waals surface area contributed by atoms with Crippen molar-refractivity contribution in [1.29, 1.82) is 0 Å². The minimum atomic E-state index is -0.362. The molecule has 0 spiro atoms. The molecule has 0 heterocycles. The molecule has 0 aliphatic rings. The van der Waals surface area contributed by atoms with Crippen LogP contribution in [0, 0.1) is 18.6 Å². The van der Waals surface area contributed by atoms with Crippen LogP contribution in [0.25, 0.3) is 0 Å². The van der Waals surface area contributed by atoms with E-state index in [1.165, 1.54) is 30.3 Å². The second-order valence-corrected chi connectivity index (χ2v) is 4.04. The van der Waals surface area contributed by atoms with E-state index in [0.29, 0.717) is 22.6 Å². The molecule has 18 heavy (non-hydrogen) atoms. The van der Waals surface area contributed by atoms with Crippen LogP contribution in [0.3, 0.4) is 0 Å². The number of halogens is 2. The average Bonchev–Trinajstić information content (AvgIpc) is 2.32. The van der Waals surface area contributed by atoms with Gasteiger partial charge in [-0.25, -0.2) is 8.78 Å². The molecule has 2 rings (SSSR count). The van der Waals surface area contributed by atoms with Crippen molar-refractivity contribution < 1.29 is 13.5 Å². The summed E-state index contributed by atoms with van der Waals surface area (Å²) in [5.41, 5.74) is 7.43. The molecule has 94 valence electrons. The first-order valence-corrected chi connectivity index (χ1v) is 5.49. The van der Waals surface area contributed by atoms with Crippen LogP contribution < -0.4 is 10.5 Å². The summed E-state index contributed by atoms with van der Waals surface area (Å²) in [6, 6.07) is 8.35. The summed E-state index contributed by atoms with van der Waals surface area (Å²) < 4.78 is 31.4. The molecule has 0 radical (unpaired) electrons. The molecule has 0 bridgehead atoms. The Kier molecular flexibility index (Phi) is 3.46. The number of hydrogen-bond acceptors (Lipinski definition) is 2. The number of ether oxygens (including phenoxy) is 1. The van der Waals surface area contributed by atoms with Crippen LogP contribution in [0.2, 0.25) is 0 Å². The first-order chi connectivity index (χ1) is 8.56. The normalized spacial score (nSPS) is 10.4. The van der Waals surface area contributed by atoms with Crippen molar-refractivity contribution in [3.8, 4) is 5.75 Å². The molecule has 0 aliphatic heterocycles. The van der Waals surface area contributed by atoms with Crippen LogP contribution in [-0.2, 0) is 6.61 Å². The van der Waals surface area contributed by atoms with Gasteiger partial charge in [0, 0.05) is 11.3 Å². The fourth-order valence-electron chi connectivity index (χ4n) is 1.63. The largest absolute Gasteiger partial charge is 0.489 e. The van der Waals surface area contributed by atoms with E-state index >= 15 is 0 Å². The minimum Gasteiger partial charge on any atom is -0.489 e. The Morgan fingerprint density at radius 3 is 2.44 bits per heavy atom. The van der Waals surface area contributed by atoms with Crippen molar-refractivity contribution >= 4 is 5.69 Å². The minimum absolute atomic E-state index is 0.149. The zero-order chi connectivity index (χ0) is 13.1. The lowest BCUT2D eigenvalue weighted by molar-refractivity contribution is 0.303. The zero-order valence-electron chi connectivity index (χ0n) is 9.91. The van der Waals surface area contributed by atoms with E-state index < -0.39 is 0 Å². The van der Waals surface area contributed by atoms with E-state index in [2.05, 4.69) is 0 Å². The van der Waals surface area contributed by atoms with Crippen LogP contribution in [0.1, 0.15) is 11.1 Å². The van der Waals surface area contributed by atoms with E-state index in [1.807, 2.05) is 0 Å². The predicted octanol–water partition coefficient (Wildman–Crippen LogP) is 3.43. The van der Waals surface area contributed by atoms with Gasteiger partial charge in [-0.1, -0.05) is 0 Å². The highest BCUT2D eigenvalue weighted by atomic mass is 19.1. The lowest BCUT2D eigenvalue weighted by atomic mass is 10.2. The summed E-state index contributed by atoms with van der Waals surface area (Å²) in [5.74, 6) is -0.121. The highest BCUT2D eigenvalue weighted by molar-refractivity contribution is 5.46. The van der Waals surface area contributed by atoms with Crippen LogP contribution >= 0.6 is 0 Å². The second-order valence-electron chi connectivity index (χ2n) is 4.04. The summed E-state index contributed by atoms with van der Waals surface area (Å²) in [6.07, 6.45) is 0. The number of rotatable bonds is 3. The van der Waals surface area contributed by atoms with E-state index in [1.54, 1.807) is 13.0 Å². The van der Waals surface area contributed by atoms with Crippen molar-refractivity contribution in [2.75, 3.05) is 5.73 Å². The van der Waals surface area contributed by atoms with Crippen LogP contribution in [-0.4, -0.2) is 0 Å². The molecule has 0 aromatic heterocycles. The standard InChI is InChI=1S/C14H13F2NO/c1-9-6-11(15)3-5-14(9)18-8-10-7-12(16)2-4-13(10)17/h2-7H,8,17H2,1H3. The van der Waals surface area contributed by atoms with Crippen LogP contribution in [0.15, 0.2) is 36.4 Å². The highest BCUT2D eigenvalue weighted by Gasteiger charge is 2.05. The second kappa shape index (κ2) is 5.04. The Morgan fingerprint density at radius 2 is 1.72 bits per heavy atom. The van der Waals surface area contributed by atoms with Gasteiger partial charge >= 0.3 is 0 Å². The Hall–Kier alpha value is -2.10. The molecule has 0 saturated heterocycles. The maximum atomic E-state index is 13.0. The molecule has 0 atom stereocenters. The smallest absolute Gasteiger partial charge is 0.123 e. The first-order valence-electron chi connectivity index (χ1n) is 5.49. The molecule has 0 aliphatic carbocycles. The lowest BCUT2D eigenvalue weighted by Crippen LogP contribution is -2.02. The average molecular weight is 249 g/mol.